The number of hydrogen-bond donors (Lipinski definition) is 0. The Bertz CT molecular complexity index is 1050. The zero-order valence-electron chi connectivity index (χ0n) is 14.6. The summed E-state index contributed by atoms with van der Waals surface area (Å²) in [6, 6.07) is 14.5. The summed E-state index contributed by atoms with van der Waals surface area (Å²) in [4.78, 5) is 14.8. The van der Waals surface area contributed by atoms with Gasteiger partial charge in [0.05, 0.1) is 10.7 Å². The van der Waals surface area contributed by atoms with Crippen molar-refractivity contribution < 1.29 is 18.0 Å². The lowest BCUT2D eigenvalue weighted by Crippen LogP contribution is -2.36. The van der Waals surface area contributed by atoms with Crippen LogP contribution in [0, 0.1) is 0 Å². The average molecular weight is 406 g/mol. The number of benzene rings is 2. The molecule has 3 aromatic rings. The topological polar surface area (TPSA) is 38.1 Å². The minimum absolute atomic E-state index is 0.183. The van der Waals surface area contributed by atoms with Crippen molar-refractivity contribution in [1.29, 1.82) is 0 Å². The average Bonchev–Trinajstić information content (AvgIpc) is 3.13. The van der Waals surface area contributed by atoms with Gasteiger partial charge in [0.1, 0.15) is 5.69 Å². The van der Waals surface area contributed by atoms with E-state index in [0.717, 1.165) is 29.2 Å². The van der Waals surface area contributed by atoms with E-state index < -0.39 is 17.8 Å². The van der Waals surface area contributed by atoms with Crippen LogP contribution in [0.25, 0.3) is 5.69 Å². The fourth-order valence-corrected chi connectivity index (χ4v) is 3.58. The molecule has 1 aromatic heterocycles. The van der Waals surface area contributed by atoms with Crippen LogP contribution in [-0.2, 0) is 12.6 Å². The number of halogens is 4. The summed E-state index contributed by atoms with van der Waals surface area (Å²) in [6.07, 6.45) is -3.13. The molecule has 0 bridgehead atoms. The number of nitrogens with zero attached hydrogens (tertiary/aromatic N) is 3. The molecule has 1 aliphatic heterocycles. The lowest BCUT2D eigenvalue weighted by Gasteiger charge is -2.29. The quantitative estimate of drug-likeness (QED) is 0.592. The number of amides is 1. The van der Waals surface area contributed by atoms with Gasteiger partial charge >= 0.3 is 6.18 Å². The SMILES string of the molecule is O=C(c1cc(C(F)(F)F)nn1-c1ccccc1Cl)N1CCCc2ccccc21. The summed E-state index contributed by atoms with van der Waals surface area (Å²) in [5, 5.41) is 3.85. The first-order chi connectivity index (χ1) is 13.4. The van der Waals surface area contributed by atoms with Crippen LogP contribution in [0.15, 0.2) is 54.6 Å². The number of carbonyl (C=O) groups is 1. The van der Waals surface area contributed by atoms with Crippen molar-refractivity contribution >= 4 is 23.2 Å². The maximum absolute atomic E-state index is 13.3. The minimum atomic E-state index is -4.68. The molecule has 0 fully saturated rings. The number of anilines is 1. The van der Waals surface area contributed by atoms with E-state index in [1.54, 1.807) is 24.3 Å². The van der Waals surface area contributed by atoms with Gasteiger partial charge < -0.3 is 4.90 Å². The van der Waals surface area contributed by atoms with Gasteiger partial charge in [-0.3, -0.25) is 4.79 Å². The summed E-state index contributed by atoms with van der Waals surface area (Å²) in [5.41, 5.74) is 0.590. The third kappa shape index (κ3) is 3.26. The Hall–Kier alpha value is -2.80. The fourth-order valence-electron chi connectivity index (χ4n) is 3.36. The molecule has 2 heterocycles. The summed E-state index contributed by atoms with van der Waals surface area (Å²) >= 11 is 6.16. The third-order valence-corrected chi connectivity index (χ3v) is 4.97. The first kappa shape index (κ1) is 18.6. The Kier molecular flexibility index (Phi) is 4.63. The Morgan fingerprint density at radius 3 is 2.43 bits per heavy atom. The Labute approximate surface area is 164 Å². The van der Waals surface area contributed by atoms with Gasteiger partial charge in [0.15, 0.2) is 5.69 Å². The molecular weight excluding hydrogens is 391 g/mol. The number of carbonyl (C=O) groups excluding carboxylic acids is 1. The normalized spacial score (nSPS) is 14.1. The smallest absolute Gasteiger partial charge is 0.307 e. The van der Waals surface area contributed by atoms with Gasteiger partial charge in [-0.05, 0) is 36.6 Å². The van der Waals surface area contributed by atoms with E-state index in [2.05, 4.69) is 5.10 Å². The van der Waals surface area contributed by atoms with E-state index in [1.165, 1.54) is 17.0 Å². The van der Waals surface area contributed by atoms with Gasteiger partial charge in [0.25, 0.3) is 5.91 Å². The number of para-hydroxylation sites is 2. The van der Waals surface area contributed by atoms with Crippen LogP contribution in [0.2, 0.25) is 5.02 Å². The summed E-state index contributed by atoms with van der Waals surface area (Å²) in [6.45, 7) is 0.422. The van der Waals surface area contributed by atoms with Gasteiger partial charge in [-0.1, -0.05) is 41.9 Å². The molecular formula is C20H15ClF3N3O. The largest absolute Gasteiger partial charge is 0.435 e. The molecule has 0 atom stereocenters. The van der Waals surface area contributed by atoms with E-state index in [-0.39, 0.29) is 16.4 Å². The molecule has 0 unspecified atom stereocenters. The predicted molar refractivity (Wildman–Crippen MR) is 100 cm³/mol. The first-order valence-corrected chi connectivity index (χ1v) is 9.06. The van der Waals surface area contributed by atoms with Gasteiger partial charge in [-0.2, -0.15) is 18.3 Å². The van der Waals surface area contributed by atoms with Crippen LogP contribution in [0.4, 0.5) is 18.9 Å². The van der Waals surface area contributed by atoms with Crippen LogP contribution in [0.5, 0.6) is 0 Å². The van der Waals surface area contributed by atoms with Crippen molar-refractivity contribution in [1.82, 2.24) is 9.78 Å². The number of rotatable bonds is 2. The van der Waals surface area contributed by atoms with E-state index in [0.29, 0.717) is 12.2 Å². The van der Waals surface area contributed by atoms with Gasteiger partial charge in [-0.25, -0.2) is 4.68 Å². The van der Waals surface area contributed by atoms with Crippen molar-refractivity contribution in [2.45, 2.75) is 19.0 Å². The number of alkyl halides is 3. The number of aromatic nitrogens is 2. The Morgan fingerprint density at radius 1 is 1.04 bits per heavy atom. The second-order valence-corrected chi connectivity index (χ2v) is 6.87. The standard InChI is InChI=1S/C20H15ClF3N3O/c21-14-8-2-4-10-16(14)27-17(12-18(25-27)20(22,23)24)19(28)26-11-5-7-13-6-1-3-9-15(13)26/h1-4,6,8-10,12H,5,7,11H2. The van der Waals surface area contributed by atoms with Crippen LogP contribution in [0.3, 0.4) is 0 Å². The van der Waals surface area contributed by atoms with Crippen LogP contribution in [0.1, 0.15) is 28.2 Å². The van der Waals surface area contributed by atoms with Crippen molar-refractivity contribution in [2.75, 3.05) is 11.4 Å². The molecule has 0 aliphatic carbocycles. The molecule has 1 aliphatic rings. The van der Waals surface area contributed by atoms with Crippen LogP contribution in [-0.4, -0.2) is 22.2 Å². The van der Waals surface area contributed by atoms with E-state index in [4.69, 9.17) is 11.6 Å². The Morgan fingerprint density at radius 2 is 1.71 bits per heavy atom. The van der Waals surface area contributed by atoms with Crippen LogP contribution < -0.4 is 4.90 Å². The molecule has 8 heteroatoms. The minimum Gasteiger partial charge on any atom is -0.307 e. The zero-order chi connectivity index (χ0) is 19.9. The lowest BCUT2D eigenvalue weighted by atomic mass is 10.0. The molecule has 4 rings (SSSR count). The molecule has 144 valence electrons. The first-order valence-electron chi connectivity index (χ1n) is 8.68. The van der Waals surface area contributed by atoms with Crippen molar-refractivity contribution in [3.8, 4) is 5.69 Å². The maximum atomic E-state index is 13.3. The number of aryl methyl sites for hydroxylation is 1. The van der Waals surface area contributed by atoms with Crippen molar-refractivity contribution in [2.24, 2.45) is 0 Å². The maximum Gasteiger partial charge on any atom is 0.435 e. The lowest BCUT2D eigenvalue weighted by molar-refractivity contribution is -0.141. The second-order valence-electron chi connectivity index (χ2n) is 6.46. The number of fused-ring (bicyclic) bond motifs is 1. The molecule has 0 N–H and O–H groups in total. The highest BCUT2D eigenvalue weighted by Crippen LogP contribution is 2.33. The molecule has 4 nitrogen and oxygen atoms in total. The highest BCUT2D eigenvalue weighted by molar-refractivity contribution is 6.32. The molecule has 2 aromatic carbocycles. The summed E-state index contributed by atoms with van der Waals surface area (Å²) in [5.74, 6) is -0.546. The summed E-state index contributed by atoms with van der Waals surface area (Å²) < 4.78 is 40.9. The number of hydrogen-bond acceptors (Lipinski definition) is 2. The van der Waals surface area contributed by atoms with Gasteiger partial charge in [-0.15, -0.1) is 0 Å². The molecule has 0 saturated carbocycles. The van der Waals surface area contributed by atoms with Crippen molar-refractivity contribution in [3.05, 3.63) is 76.6 Å². The molecule has 0 saturated heterocycles. The van der Waals surface area contributed by atoms with E-state index in [1.807, 2.05) is 12.1 Å². The molecule has 28 heavy (non-hydrogen) atoms. The summed E-state index contributed by atoms with van der Waals surface area (Å²) in [7, 11) is 0. The zero-order valence-corrected chi connectivity index (χ0v) is 15.3. The monoisotopic (exact) mass is 405 g/mol. The highest BCUT2D eigenvalue weighted by atomic mass is 35.5. The highest BCUT2D eigenvalue weighted by Gasteiger charge is 2.37. The molecule has 0 radical (unpaired) electrons. The van der Waals surface area contributed by atoms with Crippen molar-refractivity contribution in [3.63, 3.8) is 0 Å². The Balaban J connectivity index is 1.85. The fraction of sp³-hybridized carbons (Fsp3) is 0.200. The predicted octanol–water partition coefficient (Wildman–Crippen LogP) is 5.14. The van der Waals surface area contributed by atoms with Crippen LogP contribution >= 0.6 is 11.6 Å². The molecule has 0 spiro atoms. The third-order valence-electron chi connectivity index (χ3n) is 4.65. The van der Waals surface area contributed by atoms with Gasteiger partial charge in [0, 0.05) is 18.3 Å². The van der Waals surface area contributed by atoms with E-state index in [9.17, 15) is 18.0 Å². The molecule has 1 amide bonds. The second kappa shape index (κ2) is 6.98. The van der Waals surface area contributed by atoms with E-state index >= 15 is 0 Å². The van der Waals surface area contributed by atoms with Gasteiger partial charge in [0.2, 0.25) is 0 Å².